The molecule has 0 unspecified atom stereocenters. The molecule has 0 aliphatic carbocycles. The van der Waals surface area contributed by atoms with Gasteiger partial charge in [-0.2, -0.15) is 5.10 Å². The van der Waals surface area contributed by atoms with Crippen LogP contribution in [0.25, 0.3) is 11.3 Å². The molecule has 0 radical (unpaired) electrons. The summed E-state index contributed by atoms with van der Waals surface area (Å²) in [7, 11) is 0. The lowest BCUT2D eigenvalue weighted by Gasteiger charge is -2.02. The second-order valence-corrected chi connectivity index (χ2v) is 4.35. The number of aromatic nitrogens is 2. The number of anilines is 1. The molecule has 0 bridgehead atoms. The minimum absolute atomic E-state index is 0.0657. The Kier molecular flexibility index (Phi) is 3.44. The van der Waals surface area contributed by atoms with Gasteiger partial charge in [-0.05, 0) is 28.1 Å². The molecule has 17 heavy (non-hydrogen) atoms. The zero-order chi connectivity index (χ0) is 12.4. The summed E-state index contributed by atoms with van der Waals surface area (Å²) >= 11 is 3.28. The van der Waals surface area contributed by atoms with Crippen molar-refractivity contribution in [1.29, 1.82) is 0 Å². The van der Waals surface area contributed by atoms with Crippen LogP contribution in [0.4, 0.5) is 10.2 Å². The molecular weight excluding hydrogens is 289 g/mol. The summed E-state index contributed by atoms with van der Waals surface area (Å²) in [6.45, 7) is 0.224. The van der Waals surface area contributed by atoms with Gasteiger partial charge in [0.25, 0.3) is 0 Å². The fourth-order valence-corrected chi connectivity index (χ4v) is 2.11. The average Bonchev–Trinajstić information content (AvgIpc) is 2.60. The average molecular weight is 300 g/mol. The maximum atomic E-state index is 13.7. The molecule has 0 fully saturated rings. The van der Waals surface area contributed by atoms with Crippen molar-refractivity contribution in [3.05, 3.63) is 34.6 Å². The van der Waals surface area contributed by atoms with Crippen LogP contribution in [0.1, 0.15) is 0 Å². The molecule has 0 saturated heterocycles. The van der Waals surface area contributed by atoms with Gasteiger partial charge in [-0.3, -0.25) is 0 Å². The Bertz CT molecular complexity index is 521. The third-order valence-electron chi connectivity index (χ3n) is 2.34. The van der Waals surface area contributed by atoms with Crippen molar-refractivity contribution >= 4 is 21.7 Å². The van der Waals surface area contributed by atoms with Crippen LogP contribution in [0, 0.1) is 5.82 Å². The lowest BCUT2D eigenvalue weighted by molar-refractivity contribution is 0.270. The quantitative estimate of drug-likeness (QED) is 0.911. The van der Waals surface area contributed by atoms with Crippen LogP contribution in [-0.4, -0.2) is 21.5 Å². The van der Waals surface area contributed by atoms with E-state index in [1.54, 1.807) is 18.2 Å². The molecule has 90 valence electrons. The number of benzene rings is 1. The van der Waals surface area contributed by atoms with Crippen LogP contribution >= 0.6 is 15.9 Å². The Labute approximate surface area is 106 Å². The number of nitrogens with two attached hydrogens (primary N) is 1. The van der Waals surface area contributed by atoms with Crippen molar-refractivity contribution in [2.45, 2.75) is 6.54 Å². The van der Waals surface area contributed by atoms with Gasteiger partial charge in [0.05, 0.1) is 24.4 Å². The Morgan fingerprint density at radius 2 is 2.24 bits per heavy atom. The Morgan fingerprint density at radius 3 is 2.88 bits per heavy atom. The third-order valence-corrected chi connectivity index (χ3v) is 3.00. The first-order valence-corrected chi connectivity index (χ1v) is 5.81. The summed E-state index contributed by atoms with van der Waals surface area (Å²) in [6, 6.07) is 6.29. The highest BCUT2D eigenvalue weighted by molar-refractivity contribution is 9.10. The molecule has 1 aromatic carbocycles. The van der Waals surface area contributed by atoms with Crippen LogP contribution < -0.4 is 5.73 Å². The molecule has 0 aliphatic rings. The fourth-order valence-electron chi connectivity index (χ4n) is 1.57. The summed E-state index contributed by atoms with van der Waals surface area (Å²) in [5.74, 6) is 0.0252. The molecule has 3 N–H and O–H groups in total. The van der Waals surface area contributed by atoms with Gasteiger partial charge in [0.1, 0.15) is 11.6 Å². The minimum atomic E-state index is -0.368. The highest BCUT2D eigenvalue weighted by Crippen LogP contribution is 2.30. The van der Waals surface area contributed by atoms with E-state index in [1.165, 1.54) is 10.7 Å². The van der Waals surface area contributed by atoms with Crippen molar-refractivity contribution in [2.75, 3.05) is 12.3 Å². The van der Waals surface area contributed by atoms with Gasteiger partial charge >= 0.3 is 0 Å². The number of hydrogen-bond acceptors (Lipinski definition) is 3. The molecule has 1 heterocycles. The Hall–Kier alpha value is -1.40. The molecule has 4 nitrogen and oxygen atoms in total. The van der Waals surface area contributed by atoms with Crippen molar-refractivity contribution < 1.29 is 9.50 Å². The van der Waals surface area contributed by atoms with Crippen molar-refractivity contribution in [3.8, 4) is 11.3 Å². The van der Waals surface area contributed by atoms with E-state index >= 15 is 0 Å². The second-order valence-electron chi connectivity index (χ2n) is 3.50. The Morgan fingerprint density at radius 1 is 1.47 bits per heavy atom. The molecule has 0 aliphatic heterocycles. The van der Waals surface area contributed by atoms with E-state index < -0.39 is 0 Å². The lowest BCUT2D eigenvalue weighted by atomic mass is 10.1. The van der Waals surface area contributed by atoms with Crippen molar-refractivity contribution in [2.24, 2.45) is 0 Å². The summed E-state index contributed by atoms with van der Waals surface area (Å²) in [4.78, 5) is 0. The molecule has 0 spiro atoms. The zero-order valence-corrected chi connectivity index (χ0v) is 10.5. The Balaban J connectivity index is 2.50. The molecule has 6 heteroatoms. The van der Waals surface area contributed by atoms with Gasteiger partial charge < -0.3 is 10.8 Å². The second kappa shape index (κ2) is 4.85. The number of hydrogen-bond donors (Lipinski definition) is 2. The van der Waals surface area contributed by atoms with Crippen LogP contribution in [0.5, 0.6) is 0 Å². The van der Waals surface area contributed by atoms with Crippen molar-refractivity contribution in [1.82, 2.24) is 9.78 Å². The molecule has 0 amide bonds. The summed E-state index contributed by atoms with van der Waals surface area (Å²) < 4.78 is 15.7. The summed E-state index contributed by atoms with van der Waals surface area (Å²) in [5, 5.41) is 13.0. The number of aliphatic hydroxyl groups is 1. The van der Waals surface area contributed by atoms with Crippen LogP contribution in [0.15, 0.2) is 28.7 Å². The van der Waals surface area contributed by atoms with E-state index in [0.29, 0.717) is 21.5 Å². The van der Waals surface area contributed by atoms with E-state index in [9.17, 15) is 4.39 Å². The topological polar surface area (TPSA) is 64.1 Å². The van der Waals surface area contributed by atoms with Gasteiger partial charge in [-0.25, -0.2) is 9.07 Å². The molecule has 0 saturated carbocycles. The van der Waals surface area contributed by atoms with Gasteiger partial charge in [0, 0.05) is 10.5 Å². The van der Waals surface area contributed by atoms with Gasteiger partial charge in [-0.1, -0.05) is 6.07 Å². The highest BCUT2D eigenvalue weighted by atomic mass is 79.9. The first kappa shape index (κ1) is 12.1. The number of aliphatic hydroxyl groups excluding tert-OH is 1. The number of nitrogen functional groups attached to an aromatic ring is 1. The maximum absolute atomic E-state index is 13.7. The van der Waals surface area contributed by atoms with Crippen LogP contribution in [-0.2, 0) is 6.54 Å². The third kappa shape index (κ3) is 2.32. The van der Waals surface area contributed by atoms with E-state index in [0.717, 1.165) is 0 Å². The van der Waals surface area contributed by atoms with Gasteiger partial charge in [0.15, 0.2) is 0 Å². The van der Waals surface area contributed by atoms with Crippen LogP contribution in [0.2, 0.25) is 0 Å². The first-order chi connectivity index (χ1) is 8.13. The van der Waals surface area contributed by atoms with Gasteiger partial charge in [0.2, 0.25) is 0 Å². The van der Waals surface area contributed by atoms with E-state index in [-0.39, 0.29) is 19.0 Å². The standard InChI is InChI=1S/C11H11BrFN3O/c12-7-2-1-3-8(13)11(7)9-6-10(14)16(15-9)4-5-17/h1-3,6,17H,4-5,14H2. The largest absolute Gasteiger partial charge is 0.394 e. The smallest absolute Gasteiger partial charge is 0.133 e. The molecule has 0 atom stereocenters. The van der Waals surface area contributed by atoms with E-state index in [2.05, 4.69) is 21.0 Å². The summed E-state index contributed by atoms with van der Waals surface area (Å²) in [6.07, 6.45) is 0. The molecule has 2 aromatic rings. The number of rotatable bonds is 3. The SMILES string of the molecule is Nc1cc(-c2c(F)cccc2Br)nn1CCO. The predicted octanol–water partition coefficient (Wildman–Crippen LogP) is 2.03. The fraction of sp³-hybridized carbons (Fsp3) is 0.182. The predicted molar refractivity (Wildman–Crippen MR) is 66.8 cm³/mol. The minimum Gasteiger partial charge on any atom is -0.394 e. The molecule has 2 rings (SSSR count). The van der Waals surface area contributed by atoms with Crippen LogP contribution in [0.3, 0.4) is 0 Å². The molecule has 1 aromatic heterocycles. The lowest BCUT2D eigenvalue weighted by Crippen LogP contribution is -2.07. The maximum Gasteiger partial charge on any atom is 0.133 e. The van der Waals surface area contributed by atoms with Crippen molar-refractivity contribution in [3.63, 3.8) is 0 Å². The van der Waals surface area contributed by atoms with E-state index in [1.807, 2.05) is 0 Å². The number of halogens is 2. The van der Waals surface area contributed by atoms with E-state index in [4.69, 9.17) is 10.8 Å². The summed E-state index contributed by atoms with van der Waals surface area (Å²) in [5.41, 5.74) is 6.53. The first-order valence-electron chi connectivity index (χ1n) is 5.02. The zero-order valence-electron chi connectivity index (χ0n) is 8.90. The molecular formula is C11H11BrFN3O. The monoisotopic (exact) mass is 299 g/mol. The van der Waals surface area contributed by atoms with Gasteiger partial charge in [-0.15, -0.1) is 0 Å². The normalized spacial score (nSPS) is 10.8. The number of nitrogens with zero attached hydrogens (tertiary/aromatic N) is 2. The highest BCUT2D eigenvalue weighted by Gasteiger charge is 2.14.